The third kappa shape index (κ3) is 2.35. The molecule has 4 rings (SSSR count). The Morgan fingerprint density at radius 3 is 2.65 bits per heavy atom. The lowest BCUT2D eigenvalue weighted by Crippen LogP contribution is -2.24. The fraction of sp³-hybridized carbons (Fsp3) is 0.500. The molecule has 3 atom stereocenters. The molecule has 0 saturated heterocycles. The van der Waals surface area contributed by atoms with Gasteiger partial charge in [-0.15, -0.1) is 0 Å². The lowest BCUT2D eigenvalue weighted by atomic mass is 9.86. The molecule has 1 aromatic carbocycles. The van der Waals surface area contributed by atoms with Crippen molar-refractivity contribution in [1.82, 2.24) is 4.90 Å². The Bertz CT molecular complexity index is 712. The van der Waals surface area contributed by atoms with Gasteiger partial charge in [0, 0.05) is 19.2 Å². The highest BCUT2D eigenvalue weighted by atomic mass is 16.2. The summed E-state index contributed by atoms with van der Waals surface area (Å²) in [5, 5.41) is 2.89. The summed E-state index contributed by atoms with van der Waals surface area (Å²) in [6.07, 6.45) is 5.63. The summed E-state index contributed by atoms with van der Waals surface area (Å²) >= 11 is 0. The number of nitrogens with one attached hydrogen (secondary N) is 1. The molecular formula is C18H20N2O3. The molecule has 2 saturated carbocycles. The van der Waals surface area contributed by atoms with Gasteiger partial charge in [0.25, 0.3) is 11.8 Å². The van der Waals surface area contributed by atoms with Crippen LogP contribution in [-0.2, 0) is 4.79 Å². The van der Waals surface area contributed by atoms with Gasteiger partial charge < -0.3 is 5.32 Å². The smallest absolute Gasteiger partial charge is 0.261 e. The number of imide groups is 1. The third-order valence-electron chi connectivity index (χ3n) is 5.71. The van der Waals surface area contributed by atoms with E-state index in [2.05, 4.69) is 5.32 Å². The van der Waals surface area contributed by atoms with Gasteiger partial charge in [0.05, 0.1) is 11.1 Å². The summed E-state index contributed by atoms with van der Waals surface area (Å²) in [5.74, 6) is 1.47. The molecule has 1 aliphatic heterocycles. The van der Waals surface area contributed by atoms with Crippen molar-refractivity contribution in [2.24, 2.45) is 17.8 Å². The Kier molecular flexibility index (Phi) is 3.25. The van der Waals surface area contributed by atoms with Crippen molar-refractivity contribution in [1.29, 1.82) is 0 Å². The number of benzene rings is 1. The Hall–Kier alpha value is -2.17. The summed E-state index contributed by atoms with van der Waals surface area (Å²) in [6.45, 7) is 0. The number of carbonyl (C=O) groups is 3. The van der Waals surface area contributed by atoms with Gasteiger partial charge in [0.2, 0.25) is 5.91 Å². The number of hydrogen-bond donors (Lipinski definition) is 1. The van der Waals surface area contributed by atoms with E-state index in [1.807, 2.05) is 0 Å². The van der Waals surface area contributed by atoms with E-state index >= 15 is 0 Å². The zero-order valence-corrected chi connectivity index (χ0v) is 13.2. The monoisotopic (exact) mass is 312 g/mol. The van der Waals surface area contributed by atoms with E-state index in [0.717, 1.165) is 16.7 Å². The predicted molar refractivity (Wildman–Crippen MR) is 85.1 cm³/mol. The molecule has 2 aliphatic carbocycles. The molecule has 3 amide bonds. The number of nitrogens with zero attached hydrogens (tertiary/aromatic N) is 1. The molecule has 0 unspecified atom stereocenters. The highest BCUT2D eigenvalue weighted by Gasteiger charge is 2.40. The fourth-order valence-corrected chi connectivity index (χ4v) is 4.52. The Balaban J connectivity index is 1.44. The van der Waals surface area contributed by atoms with Crippen molar-refractivity contribution >= 4 is 23.4 Å². The SMILES string of the molecule is CN1C(=O)c2ccc(NC(=O)C[C@H]3C[C@@H]4CC[C@@H]3C4)cc2C1=O. The minimum Gasteiger partial charge on any atom is -0.326 e. The van der Waals surface area contributed by atoms with E-state index in [1.54, 1.807) is 18.2 Å². The number of fused-ring (bicyclic) bond motifs is 3. The Labute approximate surface area is 135 Å². The van der Waals surface area contributed by atoms with E-state index in [4.69, 9.17) is 0 Å². The minimum absolute atomic E-state index is 0.00706. The average molecular weight is 312 g/mol. The first kappa shape index (κ1) is 14.4. The molecule has 2 bridgehead atoms. The van der Waals surface area contributed by atoms with Crippen LogP contribution in [0, 0.1) is 17.8 Å². The Morgan fingerprint density at radius 1 is 1.17 bits per heavy atom. The van der Waals surface area contributed by atoms with Crippen LogP contribution in [0.3, 0.4) is 0 Å². The molecule has 1 aromatic rings. The first-order chi connectivity index (χ1) is 11.0. The molecule has 5 nitrogen and oxygen atoms in total. The number of hydrogen-bond acceptors (Lipinski definition) is 3. The van der Waals surface area contributed by atoms with E-state index < -0.39 is 0 Å². The summed E-state index contributed by atoms with van der Waals surface area (Å²) < 4.78 is 0. The summed E-state index contributed by atoms with van der Waals surface area (Å²) in [7, 11) is 1.47. The molecule has 1 N–H and O–H groups in total. The first-order valence-corrected chi connectivity index (χ1v) is 8.29. The quantitative estimate of drug-likeness (QED) is 0.873. The molecule has 0 spiro atoms. The molecule has 3 aliphatic rings. The van der Waals surface area contributed by atoms with E-state index in [1.165, 1.54) is 32.7 Å². The minimum atomic E-state index is -0.311. The van der Waals surface area contributed by atoms with Crippen molar-refractivity contribution in [3.63, 3.8) is 0 Å². The van der Waals surface area contributed by atoms with Crippen LogP contribution >= 0.6 is 0 Å². The van der Waals surface area contributed by atoms with Crippen molar-refractivity contribution in [3.05, 3.63) is 29.3 Å². The van der Waals surface area contributed by atoms with E-state index in [9.17, 15) is 14.4 Å². The second kappa shape index (κ2) is 5.18. The molecule has 2 fully saturated rings. The summed E-state index contributed by atoms with van der Waals surface area (Å²) in [5.41, 5.74) is 1.37. The molecule has 0 aromatic heterocycles. The van der Waals surface area contributed by atoms with Gasteiger partial charge in [-0.05, 0) is 55.2 Å². The molecule has 5 heteroatoms. The topological polar surface area (TPSA) is 66.5 Å². The summed E-state index contributed by atoms with van der Waals surface area (Å²) in [6, 6.07) is 4.92. The number of amides is 3. The molecule has 120 valence electrons. The summed E-state index contributed by atoms with van der Waals surface area (Å²) in [4.78, 5) is 37.2. The number of anilines is 1. The second-order valence-electron chi connectivity index (χ2n) is 7.12. The predicted octanol–water partition coefficient (Wildman–Crippen LogP) is 2.68. The zero-order valence-electron chi connectivity index (χ0n) is 13.2. The van der Waals surface area contributed by atoms with Crippen molar-refractivity contribution < 1.29 is 14.4 Å². The van der Waals surface area contributed by atoms with Crippen LogP contribution in [0.15, 0.2) is 18.2 Å². The highest BCUT2D eigenvalue weighted by molar-refractivity contribution is 6.21. The van der Waals surface area contributed by atoms with Crippen molar-refractivity contribution in [2.45, 2.75) is 32.1 Å². The zero-order chi connectivity index (χ0) is 16.1. The Morgan fingerprint density at radius 2 is 1.96 bits per heavy atom. The normalized spacial score (nSPS) is 28.4. The highest BCUT2D eigenvalue weighted by Crippen LogP contribution is 2.49. The van der Waals surface area contributed by atoms with Crippen LogP contribution in [0.5, 0.6) is 0 Å². The van der Waals surface area contributed by atoms with Crippen molar-refractivity contribution in [2.75, 3.05) is 12.4 Å². The molecular weight excluding hydrogens is 292 g/mol. The van der Waals surface area contributed by atoms with Crippen LogP contribution in [0.2, 0.25) is 0 Å². The second-order valence-corrected chi connectivity index (χ2v) is 7.12. The van der Waals surface area contributed by atoms with Crippen LogP contribution in [0.25, 0.3) is 0 Å². The largest absolute Gasteiger partial charge is 0.326 e. The van der Waals surface area contributed by atoms with E-state index in [0.29, 0.717) is 29.2 Å². The van der Waals surface area contributed by atoms with Gasteiger partial charge in [-0.1, -0.05) is 6.42 Å². The van der Waals surface area contributed by atoms with Gasteiger partial charge in [0.15, 0.2) is 0 Å². The first-order valence-electron chi connectivity index (χ1n) is 8.29. The van der Waals surface area contributed by atoms with Gasteiger partial charge in [0.1, 0.15) is 0 Å². The molecule has 23 heavy (non-hydrogen) atoms. The maximum absolute atomic E-state index is 12.3. The van der Waals surface area contributed by atoms with Crippen LogP contribution < -0.4 is 5.32 Å². The van der Waals surface area contributed by atoms with Gasteiger partial charge in [-0.3, -0.25) is 19.3 Å². The van der Waals surface area contributed by atoms with Gasteiger partial charge in [-0.25, -0.2) is 0 Å². The van der Waals surface area contributed by atoms with E-state index in [-0.39, 0.29) is 17.7 Å². The van der Waals surface area contributed by atoms with Crippen LogP contribution in [-0.4, -0.2) is 29.7 Å². The maximum Gasteiger partial charge on any atom is 0.261 e. The van der Waals surface area contributed by atoms with Crippen LogP contribution in [0.1, 0.15) is 52.8 Å². The van der Waals surface area contributed by atoms with Crippen molar-refractivity contribution in [3.8, 4) is 0 Å². The third-order valence-corrected chi connectivity index (χ3v) is 5.71. The number of carbonyl (C=O) groups excluding carboxylic acids is 3. The average Bonchev–Trinajstić information content (AvgIpc) is 3.19. The standard InChI is InChI=1S/C18H20N2O3/c1-20-17(22)14-5-4-13(9-15(14)18(20)23)19-16(21)8-12-7-10-2-3-11(12)6-10/h4-5,9-12H,2-3,6-8H2,1H3,(H,19,21)/t10-,11-,12-/m1/s1. The maximum atomic E-state index is 12.3. The van der Waals surface area contributed by atoms with Crippen LogP contribution in [0.4, 0.5) is 5.69 Å². The van der Waals surface area contributed by atoms with Gasteiger partial charge >= 0.3 is 0 Å². The fourth-order valence-electron chi connectivity index (χ4n) is 4.52. The molecule has 1 heterocycles. The lowest BCUT2D eigenvalue weighted by molar-refractivity contribution is -0.117. The number of rotatable bonds is 3. The molecule has 0 radical (unpaired) electrons. The van der Waals surface area contributed by atoms with Gasteiger partial charge in [-0.2, -0.15) is 0 Å². The lowest BCUT2D eigenvalue weighted by Gasteiger charge is -2.20.